The van der Waals surface area contributed by atoms with E-state index in [2.05, 4.69) is 22.5 Å². The summed E-state index contributed by atoms with van der Waals surface area (Å²) in [6.45, 7) is 0. The van der Waals surface area contributed by atoms with Gasteiger partial charge in [-0.05, 0) is 17.5 Å². The second-order valence-corrected chi connectivity index (χ2v) is 4.15. The van der Waals surface area contributed by atoms with Crippen LogP contribution in [0.5, 0.6) is 0 Å². The number of aromatic nitrogens is 1. The Balaban J connectivity index is 2.30. The lowest BCUT2D eigenvalue weighted by molar-refractivity contribution is 0.595. The molecule has 15 heavy (non-hydrogen) atoms. The molecule has 3 rings (SSSR count). The predicted molar refractivity (Wildman–Crippen MR) is 61.7 cm³/mol. The van der Waals surface area contributed by atoms with E-state index in [4.69, 9.17) is 10.2 Å². The Morgan fingerprint density at radius 1 is 1.27 bits per heavy atom. The van der Waals surface area contributed by atoms with Crippen LogP contribution < -0.4 is 5.73 Å². The quantitative estimate of drug-likeness (QED) is 0.679. The van der Waals surface area contributed by atoms with Crippen LogP contribution in [0.2, 0.25) is 0 Å². The number of hydrogen-bond donors (Lipinski definition) is 1. The molecule has 0 amide bonds. The minimum absolute atomic E-state index is 0.206. The van der Waals surface area contributed by atoms with Crippen LogP contribution in [0.3, 0.4) is 0 Å². The number of fused-ring (bicyclic) bond motifs is 1. The minimum Gasteiger partial charge on any atom is -0.424 e. The molecular formula is C11H8N2OS. The number of hydrogen-bond acceptors (Lipinski definition) is 4. The van der Waals surface area contributed by atoms with Gasteiger partial charge in [0.25, 0.3) is 6.01 Å². The Bertz CT molecular complexity index is 612. The third kappa shape index (κ3) is 1.30. The molecule has 0 fully saturated rings. The number of anilines is 1. The second-order valence-electron chi connectivity index (χ2n) is 3.20. The molecule has 0 bridgehead atoms. The highest BCUT2D eigenvalue weighted by Gasteiger charge is 2.08. The fourth-order valence-electron chi connectivity index (χ4n) is 1.62. The van der Waals surface area contributed by atoms with Crippen molar-refractivity contribution < 1.29 is 4.42 Å². The summed E-state index contributed by atoms with van der Waals surface area (Å²) in [7, 11) is 0. The fraction of sp³-hybridized carbons (Fsp3) is 0. The predicted octanol–water partition coefficient (Wildman–Crippen LogP) is 3.14. The lowest BCUT2D eigenvalue weighted by Gasteiger charge is -1.97. The van der Waals surface area contributed by atoms with Crippen molar-refractivity contribution >= 4 is 27.4 Å². The van der Waals surface area contributed by atoms with Gasteiger partial charge >= 0.3 is 0 Å². The summed E-state index contributed by atoms with van der Waals surface area (Å²) in [5.41, 5.74) is 6.50. The molecular weight excluding hydrogens is 208 g/mol. The molecule has 0 saturated carbocycles. The Hall–Kier alpha value is -1.81. The molecule has 3 aromatic rings. The maximum Gasteiger partial charge on any atom is 0.292 e. The zero-order chi connectivity index (χ0) is 10.3. The zero-order valence-corrected chi connectivity index (χ0v) is 8.62. The molecule has 4 heteroatoms. The highest BCUT2D eigenvalue weighted by Crippen LogP contribution is 2.32. The van der Waals surface area contributed by atoms with Gasteiger partial charge in [-0.15, -0.1) is 11.3 Å². The van der Waals surface area contributed by atoms with Gasteiger partial charge in [0.05, 0.1) is 6.20 Å². The summed E-state index contributed by atoms with van der Waals surface area (Å²) < 4.78 is 6.56. The van der Waals surface area contributed by atoms with Gasteiger partial charge in [0.2, 0.25) is 0 Å². The van der Waals surface area contributed by atoms with E-state index in [1.165, 1.54) is 10.1 Å². The molecule has 2 N–H and O–H groups in total. The summed E-state index contributed by atoms with van der Waals surface area (Å²) in [6, 6.07) is 8.39. The minimum atomic E-state index is 0.206. The summed E-state index contributed by atoms with van der Waals surface area (Å²) >= 11 is 1.71. The summed E-state index contributed by atoms with van der Waals surface area (Å²) in [5.74, 6) is 0.719. The van der Waals surface area contributed by atoms with Gasteiger partial charge in [-0.25, -0.2) is 4.98 Å². The Kier molecular flexibility index (Phi) is 1.76. The molecule has 74 valence electrons. The average molecular weight is 216 g/mol. The van der Waals surface area contributed by atoms with Gasteiger partial charge in [-0.1, -0.05) is 12.1 Å². The molecule has 0 unspecified atom stereocenters. The highest BCUT2D eigenvalue weighted by molar-refractivity contribution is 7.17. The SMILES string of the molecule is Nc1ncc(-c2cccc3sccc23)o1. The third-order valence-corrected chi connectivity index (χ3v) is 3.17. The number of nitrogens with zero attached hydrogens (tertiary/aromatic N) is 1. The number of rotatable bonds is 1. The van der Waals surface area contributed by atoms with Crippen molar-refractivity contribution in [1.29, 1.82) is 0 Å². The van der Waals surface area contributed by atoms with E-state index in [-0.39, 0.29) is 6.01 Å². The van der Waals surface area contributed by atoms with Crippen LogP contribution in [0.15, 0.2) is 40.3 Å². The monoisotopic (exact) mass is 216 g/mol. The fourth-order valence-corrected chi connectivity index (χ4v) is 2.43. The van der Waals surface area contributed by atoms with Crippen LogP contribution in [0.1, 0.15) is 0 Å². The van der Waals surface area contributed by atoms with Gasteiger partial charge < -0.3 is 10.2 Å². The number of oxazole rings is 1. The van der Waals surface area contributed by atoms with Crippen molar-refractivity contribution in [3.05, 3.63) is 35.8 Å². The van der Waals surface area contributed by atoms with Gasteiger partial charge in [0, 0.05) is 15.6 Å². The first-order chi connectivity index (χ1) is 7.34. The summed E-state index contributed by atoms with van der Waals surface area (Å²) in [5, 5.41) is 3.24. The van der Waals surface area contributed by atoms with Crippen molar-refractivity contribution in [2.45, 2.75) is 0 Å². The molecule has 0 atom stereocenters. The van der Waals surface area contributed by atoms with Gasteiger partial charge in [-0.3, -0.25) is 0 Å². The maximum absolute atomic E-state index is 5.46. The topological polar surface area (TPSA) is 52.0 Å². The molecule has 0 aliphatic carbocycles. The Morgan fingerprint density at radius 3 is 3.00 bits per heavy atom. The summed E-state index contributed by atoms with van der Waals surface area (Å²) in [6.07, 6.45) is 1.65. The van der Waals surface area contributed by atoms with Crippen molar-refractivity contribution in [3.63, 3.8) is 0 Å². The van der Waals surface area contributed by atoms with E-state index in [1.54, 1.807) is 17.5 Å². The second kappa shape index (κ2) is 3.10. The van der Waals surface area contributed by atoms with E-state index < -0.39 is 0 Å². The first-order valence-corrected chi connectivity index (χ1v) is 5.40. The largest absolute Gasteiger partial charge is 0.424 e. The van der Waals surface area contributed by atoms with Crippen molar-refractivity contribution in [1.82, 2.24) is 4.98 Å². The van der Waals surface area contributed by atoms with Crippen molar-refractivity contribution in [3.8, 4) is 11.3 Å². The van der Waals surface area contributed by atoms with Crippen molar-refractivity contribution in [2.24, 2.45) is 0 Å². The van der Waals surface area contributed by atoms with E-state index in [0.29, 0.717) is 0 Å². The molecule has 0 saturated heterocycles. The smallest absolute Gasteiger partial charge is 0.292 e. The van der Waals surface area contributed by atoms with E-state index >= 15 is 0 Å². The maximum atomic E-state index is 5.46. The van der Waals surface area contributed by atoms with Gasteiger partial charge in [-0.2, -0.15) is 0 Å². The molecule has 1 aromatic carbocycles. The van der Waals surface area contributed by atoms with Crippen LogP contribution in [0.25, 0.3) is 21.4 Å². The molecule has 0 aliphatic rings. The molecule has 2 aromatic heterocycles. The van der Waals surface area contributed by atoms with Crippen molar-refractivity contribution in [2.75, 3.05) is 5.73 Å². The molecule has 2 heterocycles. The van der Waals surface area contributed by atoms with Crippen LogP contribution in [0, 0.1) is 0 Å². The summed E-state index contributed by atoms with van der Waals surface area (Å²) in [4.78, 5) is 3.90. The Morgan fingerprint density at radius 2 is 2.20 bits per heavy atom. The molecule has 0 spiro atoms. The van der Waals surface area contributed by atoms with E-state index in [1.807, 2.05) is 12.1 Å². The number of nitrogen functional groups attached to an aromatic ring is 1. The van der Waals surface area contributed by atoms with Gasteiger partial charge in [0.15, 0.2) is 5.76 Å². The number of thiophene rings is 1. The van der Waals surface area contributed by atoms with Crippen LogP contribution in [-0.2, 0) is 0 Å². The standard InChI is InChI=1S/C11H8N2OS/c12-11-13-6-9(14-11)7-2-1-3-10-8(7)4-5-15-10/h1-6H,(H2,12,13). The first-order valence-electron chi connectivity index (χ1n) is 4.52. The van der Waals surface area contributed by atoms with Crippen LogP contribution >= 0.6 is 11.3 Å². The first kappa shape index (κ1) is 8.49. The lowest BCUT2D eigenvalue weighted by Crippen LogP contribution is -1.80. The average Bonchev–Trinajstić information content (AvgIpc) is 2.84. The van der Waals surface area contributed by atoms with Crippen LogP contribution in [0.4, 0.5) is 6.01 Å². The van der Waals surface area contributed by atoms with E-state index in [9.17, 15) is 0 Å². The Labute approximate surface area is 90.2 Å². The number of benzene rings is 1. The van der Waals surface area contributed by atoms with Crippen LogP contribution in [-0.4, -0.2) is 4.98 Å². The normalized spacial score (nSPS) is 10.9. The highest BCUT2D eigenvalue weighted by atomic mass is 32.1. The van der Waals surface area contributed by atoms with E-state index in [0.717, 1.165) is 11.3 Å². The number of nitrogens with two attached hydrogens (primary N) is 1. The van der Waals surface area contributed by atoms with Gasteiger partial charge in [0.1, 0.15) is 0 Å². The zero-order valence-electron chi connectivity index (χ0n) is 7.81. The lowest BCUT2D eigenvalue weighted by atomic mass is 10.1. The molecule has 3 nitrogen and oxygen atoms in total. The molecule has 0 aliphatic heterocycles. The molecule has 0 radical (unpaired) electrons. The third-order valence-electron chi connectivity index (χ3n) is 2.28.